The standard InChI is InChI=1S/C14H24N2O4/c1-15(9-10-7-11(17)8-10)14(20)16-6-4-2-3-5-12(16)13(18)19/h10-12,17H,2-9H2,1H3,(H,18,19). The summed E-state index contributed by atoms with van der Waals surface area (Å²) in [6.07, 6.45) is 4.49. The van der Waals surface area contributed by atoms with Crippen molar-refractivity contribution in [3.8, 4) is 0 Å². The van der Waals surface area contributed by atoms with E-state index in [0.717, 1.165) is 32.1 Å². The summed E-state index contributed by atoms with van der Waals surface area (Å²) >= 11 is 0. The predicted molar refractivity (Wildman–Crippen MR) is 73.4 cm³/mol. The number of rotatable bonds is 3. The zero-order valence-electron chi connectivity index (χ0n) is 12.0. The Balaban J connectivity index is 1.95. The minimum atomic E-state index is -0.910. The Morgan fingerprint density at radius 1 is 1.25 bits per heavy atom. The Labute approximate surface area is 119 Å². The average molecular weight is 284 g/mol. The fraction of sp³-hybridized carbons (Fsp3) is 0.857. The maximum absolute atomic E-state index is 12.4. The zero-order chi connectivity index (χ0) is 14.7. The van der Waals surface area contributed by atoms with Crippen molar-refractivity contribution < 1.29 is 19.8 Å². The Kier molecular flexibility index (Phi) is 4.86. The number of hydrogen-bond acceptors (Lipinski definition) is 3. The van der Waals surface area contributed by atoms with Crippen LogP contribution < -0.4 is 0 Å². The maximum Gasteiger partial charge on any atom is 0.326 e. The molecule has 1 atom stereocenters. The summed E-state index contributed by atoms with van der Waals surface area (Å²) in [6, 6.07) is -0.889. The van der Waals surface area contributed by atoms with E-state index >= 15 is 0 Å². The van der Waals surface area contributed by atoms with E-state index in [9.17, 15) is 19.8 Å². The summed E-state index contributed by atoms with van der Waals surface area (Å²) in [5.41, 5.74) is 0. The van der Waals surface area contributed by atoms with Crippen LogP contribution in [0.1, 0.15) is 38.5 Å². The molecule has 1 aliphatic heterocycles. The van der Waals surface area contributed by atoms with Crippen molar-refractivity contribution in [1.82, 2.24) is 9.80 Å². The van der Waals surface area contributed by atoms with Gasteiger partial charge in [-0.25, -0.2) is 9.59 Å². The summed E-state index contributed by atoms with van der Waals surface area (Å²) in [4.78, 5) is 26.9. The second-order valence-corrected chi connectivity index (χ2v) is 6.05. The Morgan fingerprint density at radius 2 is 1.95 bits per heavy atom. The van der Waals surface area contributed by atoms with Gasteiger partial charge in [-0.1, -0.05) is 12.8 Å². The van der Waals surface area contributed by atoms with Crippen molar-refractivity contribution in [2.75, 3.05) is 20.1 Å². The monoisotopic (exact) mass is 284 g/mol. The van der Waals surface area contributed by atoms with E-state index in [2.05, 4.69) is 0 Å². The van der Waals surface area contributed by atoms with E-state index in [-0.39, 0.29) is 12.1 Å². The topological polar surface area (TPSA) is 81.1 Å². The number of hydrogen-bond donors (Lipinski definition) is 2. The highest BCUT2D eigenvalue weighted by atomic mass is 16.4. The summed E-state index contributed by atoms with van der Waals surface area (Å²) in [7, 11) is 1.72. The molecular weight excluding hydrogens is 260 g/mol. The van der Waals surface area contributed by atoms with Crippen LogP contribution >= 0.6 is 0 Å². The maximum atomic E-state index is 12.4. The number of aliphatic hydroxyl groups is 1. The highest BCUT2D eigenvalue weighted by Crippen LogP contribution is 2.28. The van der Waals surface area contributed by atoms with Crippen LogP contribution in [0.5, 0.6) is 0 Å². The average Bonchev–Trinajstić information content (AvgIpc) is 2.61. The third-order valence-electron chi connectivity index (χ3n) is 4.35. The van der Waals surface area contributed by atoms with Crippen molar-refractivity contribution in [3.63, 3.8) is 0 Å². The highest BCUT2D eigenvalue weighted by molar-refractivity contribution is 5.82. The van der Waals surface area contributed by atoms with E-state index in [0.29, 0.717) is 25.4 Å². The molecule has 0 aromatic rings. The number of nitrogens with zero attached hydrogens (tertiary/aromatic N) is 2. The normalized spacial score (nSPS) is 30.3. The lowest BCUT2D eigenvalue weighted by Crippen LogP contribution is -2.51. The van der Waals surface area contributed by atoms with Gasteiger partial charge < -0.3 is 20.0 Å². The Morgan fingerprint density at radius 3 is 2.55 bits per heavy atom. The van der Waals surface area contributed by atoms with Gasteiger partial charge in [-0.2, -0.15) is 0 Å². The fourth-order valence-corrected chi connectivity index (χ4v) is 3.13. The van der Waals surface area contributed by atoms with Crippen molar-refractivity contribution in [2.24, 2.45) is 5.92 Å². The first-order valence-electron chi connectivity index (χ1n) is 7.41. The molecule has 0 bridgehead atoms. The van der Waals surface area contributed by atoms with Crippen molar-refractivity contribution >= 4 is 12.0 Å². The van der Waals surface area contributed by atoms with Gasteiger partial charge in [-0.15, -0.1) is 0 Å². The molecule has 20 heavy (non-hydrogen) atoms. The van der Waals surface area contributed by atoms with Crippen molar-refractivity contribution in [3.05, 3.63) is 0 Å². The minimum Gasteiger partial charge on any atom is -0.480 e. The smallest absolute Gasteiger partial charge is 0.326 e. The molecule has 1 aliphatic carbocycles. The summed E-state index contributed by atoms with van der Waals surface area (Å²) in [5, 5.41) is 18.6. The van der Waals surface area contributed by atoms with Crippen LogP contribution in [0.4, 0.5) is 4.79 Å². The first-order valence-corrected chi connectivity index (χ1v) is 7.41. The van der Waals surface area contributed by atoms with E-state index in [4.69, 9.17) is 0 Å². The first-order chi connectivity index (χ1) is 9.49. The molecule has 2 aliphatic rings. The SMILES string of the molecule is CN(CC1CC(O)C1)C(=O)N1CCCCCC1C(=O)O. The van der Waals surface area contributed by atoms with Gasteiger partial charge in [0, 0.05) is 20.1 Å². The van der Waals surface area contributed by atoms with Crippen molar-refractivity contribution in [1.29, 1.82) is 0 Å². The zero-order valence-corrected chi connectivity index (χ0v) is 12.0. The molecule has 1 unspecified atom stereocenters. The van der Waals surface area contributed by atoms with Crippen molar-refractivity contribution in [2.45, 2.75) is 50.7 Å². The number of carbonyl (C=O) groups is 2. The molecule has 2 fully saturated rings. The summed E-state index contributed by atoms with van der Waals surface area (Å²) < 4.78 is 0. The number of carboxylic acids is 1. The molecule has 6 heteroatoms. The molecule has 0 aromatic heterocycles. The Bertz CT molecular complexity index is 368. The molecule has 1 saturated heterocycles. The summed E-state index contributed by atoms with van der Waals surface area (Å²) in [5.74, 6) is -0.568. The number of likely N-dealkylation sites (tertiary alicyclic amines) is 1. The molecule has 1 heterocycles. The molecular formula is C14H24N2O4. The quantitative estimate of drug-likeness (QED) is 0.814. The van der Waals surface area contributed by atoms with Gasteiger partial charge >= 0.3 is 12.0 Å². The van der Waals surface area contributed by atoms with Crippen LogP contribution in [0.3, 0.4) is 0 Å². The molecule has 114 valence electrons. The second kappa shape index (κ2) is 6.43. The fourth-order valence-electron chi connectivity index (χ4n) is 3.13. The van der Waals surface area contributed by atoms with E-state index in [1.807, 2.05) is 0 Å². The molecule has 2 N–H and O–H groups in total. The van der Waals surface area contributed by atoms with Crippen LogP contribution in [-0.4, -0.2) is 64.3 Å². The number of urea groups is 1. The second-order valence-electron chi connectivity index (χ2n) is 6.05. The first kappa shape index (κ1) is 15.1. The number of carbonyl (C=O) groups excluding carboxylic acids is 1. The van der Waals surface area contributed by atoms with Crippen LogP contribution in [0.25, 0.3) is 0 Å². The largest absolute Gasteiger partial charge is 0.480 e. The number of aliphatic hydroxyl groups excluding tert-OH is 1. The van der Waals surface area contributed by atoms with Crippen LogP contribution in [0, 0.1) is 5.92 Å². The molecule has 0 aromatic carbocycles. The predicted octanol–water partition coefficient (Wildman–Crippen LogP) is 1.14. The van der Waals surface area contributed by atoms with Gasteiger partial charge in [0.25, 0.3) is 0 Å². The van der Waals surface area contributed by atoms with Gasteiger partial charge in [-0.05, 0) is 31.6 Å². The van der Waals surface area contributed by atoms with Gasteiger partial charge in [0.15, 0.2) is 0 Å². The molecule has 2 rings (SSSR count). The van der Waals surface area contributed by atoms with Crippen LogP contribution in [-0.2, 0) is 4.79 Å². The third kappa shape index (κ3) is 3.42. The lowest BCUT2D eigenvalue weighted by molar-refractivity contribution is -0.142. The van der Waals surface area contributed by atoms with Crippen LogP contribution in [0.15, 0.2) is 0 Å². The molecule has 2 amide bonds. The van der Waals surface area contributed by atoms with Gasteiger partial charge in [0.05, 0.1) is 6.10 Å². The third-order valence-corrected chi connectivity index (χ3v) is 4.35. The molecule has 0 spiro atoms. The van der Waals surface area contributed by atoms with Gasteiger partial charge in [0.1, 0.15) is 6.04 Å². The molecule has 6 nitrogen and oxygen atoms in total. The highest BCUT2D eigenvalue weighted by Gasteiger charge is 2.34. The van der Waals surface area contributed by atoms with E-state index in [1.54, 1.807) is 11.9 Å². The van der Waals surface area contributed by atoms with E-state index < -0.39 is 12.0 Å². The lowest BCUT2D eigenvalue weighted by Gasteiger charge is -2.37. The summed E-state index contributed by atoms with van der Waals surface area (Å²) in [6.45, 7) is 1.12. The van der Waals surface area contributed by atoms with Gasteiger partial charge in [-0.3, -0.25) is 0 Å². The number of carboxylic acid groups (broad SMARTS) is 1. The minimum absolute atomic E-state index is 0.194. The van der Waals surface area contributed by atoms with Crippen LogP contribution in [0.2, 0.25) is 0 Å². The Hall–Kier alpha value is -1.30. The number of aliphatic carboxylic acids is 1. The molecule has 0 radical (unpaired) electrons. The lowest BCUT2D eigenvalue weighted by atomic mass is 9.82. The van der Waals surface area contributed by atoms with E-state index in [1.165, 1.54) is 4.90 Å². The number of amides is 2. The molecule has 1 saturated carbocycles. The van der Waals surface area contributed by atoms with Gasteiger partial charge in [0.2, 0.25) is 0 Å².